The average molecular weight is 446 g/mol. The minimum absolute atomic E-state index is 0.190. The molecule has 162 valence electrons. The molecule has 1 aromatic carbocycles. The normalized spacial score (nSPS) is 18.1. The van der Waals surface area contributed by atoms with Crippen LogP contribution in [0.3, 0.4) is 0 Å². The number of hydrogen-bond donors (Lipinski definition) is 1. The van der Waals surface area contributed by atoms with Crippen LogP contribution in [-0.2, 0) is 31.4 Å². The van der Waals surface area contributed by atoms with Crippen molar-refractivity contribution in [1.29, 1.82) is 0 Å². The second-order valence-electron chi connectivity index (χ2n) is 7.40. The predicted molar refractivity (Wildman–Crippen MR) is 109 cm³/mol. The summed E-state index contributed by atoms with van der Waals surface area (Å²) in [6.07, 6.45) is -1.19. The summed E-state index contributed by atoms with van der Waals surface area (Å²) in [5.41, 5.74) is 1.69. The third kappa shape index (κ3) is 3.41. The van der Waals surface area contributed by atoms with E-state index in [1.165, 1.54) is 22.3 Å². The molecule has 12 heteroatoms. The summed E-state index contributed by atoms with van der Waals surface area (Å²) >= 11 is 1.46. The van der Waals surface area contributed by atoms with Gasteiger partial charge in [0.05, 0.1) is 54.1 Å². The number of rotatable bonds is 5. The number of carbonyl (C=O) groups is 1. The van der Waals surface area contributed by atoms with Gasteiger partial charge in [0.1, 0.15) is 24.0 Å². The number of carbonyl (C=O) groups excluding carboxylic acids is 1. The number of fused-ring (bicyclic) bond motifs is 1. The molecule has 4 heterocycles. The fraction of sp³-hybridized carbons (Fsp3) is 0.421. The number of thiazole rings is 1. The maximum absolute atomic E-state index is 14.9. The van der Waals surface area contributed by atoms with Gasteiger partial charge in [-0.05, 0) is 25.1 Å². The predicted octanol–water partition coefficient (Wildman–Crippen LogP) is 1.22. The van der Waals surface area contributed by atoms with Crippen LogP contribution in [0.5, 0.6) is 0 Å². The van der Waals surface area contributed by atoms with E-state index >= 15 is 0 Å². The van der Waals surface area contributed by atoms with Crippen LogP contribution < -0.4 is 14.5 Å². The van der Waals surface area contributed by atoms with Gasteiger partial charge in [0, 0.05) is 10.8 Å². The quantitative estimate of drug-likeness (QED) is 0.588. The van der Waals surface area contributed by atoms with Gasteiger partial charge in [-0.25, -0.2) is 14.2 Å². The summed E-state index contributed by atoms with van der Waals surface area (Å²) in [5.74, 6) is 0.325. The third-order valence-corrected chi connectivity index (χ3v) is 6.43. The number of aliphatic hydroxyl groups is 1. The highest BCUT2D eigenvalue weighted by Gasteiger charge is 2.34. The third-order valence-electron chi connectivity index (χ3n) is 5.31. The van der Waals surface area contributed by atoms with Crippen LogP contribution >= 0.6 is 11.3 Å². The summed E-state index contributed by atoms with van der Waals surface area (Å²) in [6.45, 7) is 3.89. The second kappa shape index (κ2) is 7.54. The Bertz CT molecular complexity index is 1140. The maximum atomic E-state index is 14.9. The number of aliphatic hydroxyl groups excluding tert-OH is 1. The van der Waals surface area contributed by atoms with Crippen LogP contribution in [-0.4, -0.2) is 50.5 Å². The Balaban J connectivity index is 1.36. The van der Waals surface area contributed by atoms with Crippen molar-refractivity contribution in [3.63, 3.8) is 0 Å². The SMILES string of the molecule is CC[n+]1nn(C)nc1N1Cc2nc(-c3ccc(N4CC(CO)OC4=O)cc3F)sc2C1. The topological polar surface area (TPSA) is 100 Å². The number of ether oxygens (including phenoxy) is 1. The van der Waals surface area contributed by atoms with E-state index in [2.05, 4.69) is 20.2 Å². The van der Waals surface area contributed by atoms with Crippen molar-refractivity contribution < 1.29 is 23.7 Å². The molecule has 0 saturated carbocycles. The van der Waals surface area contributed by atoms with Gasteiger partial charge >= 0.3 is 12.0 Å². The molecule has 1 fully saturated rings. The lowest BCUT2D eigenvalue weighted by Crippen LogP contribution is -2.41. The van der Waals surface area contributed by atoms with E-state index in [4.69, 9.17) is 4.74 Å². The summed E-state index contributed by atoms with van der Waals surface area (Å²) in [7, 11) is 1.79. The van der Waals surface area contributed by atoms with E-state index in [-0.39, 0.29) is 13.2 Å². The lowest BCUT2D eigenvalue weighted by molar-refractivity contribution is -0.741. The number of hydrogen-bond acceptors (Lipinski definition) is 8. The van der Waals surface area contributed by atoms with Crippen molar-refractivity contribution in [3.8, 4) is 10.6 Å². The number of aryl methyl sites for hydroxylation is 2. The number of aromatic nitrogens is 5. The molecule has 10 nitrogen and oxygen atoms in total. The van der Waals surface area contributed by atoms with Crippen LogP contribution in [0, 0.1) is 5.82 Å². The number of amides is 1. The summed E-state index contributed by atoms with van der Waals surface area (Å²) in [5, 5.41) is 18.5. The molecule has 0 spiro atoms. The number of benzene rings is 1. The van der Waals surface area contributed by atoms with Crippen molar-refractivity contribution in [2.75, 3.05) is 23.0 Å². The molecule has 1 unspecified atom stereocenters. The lowest BCUT2D eigenvalue weighted by Gasteiger charge is -2.13. The zero-order valence-corrected chi connectivity index (χ0v) is 17.8. The monoisotopic (exact) mass is 446 g/mol. The van der Waals surface area contributed by atoms with E-state index < -0.39 is 18.0 Å². The highest BCUT2D eigenvalue weighted by atomic mass is 32.1. The summed E-state index contributed by atoms with van der Waals surface area (Å²) in [6, 6.07) is 4.60. The van der Waals surface area contributed by atoms with Gasteiger partial charge in [0.2, 0.25) is 0 Å². The molecule has 3 aromatic rings. The van der Waals surface area contributed by atoms with Crippen molar-refractivity contribution in [2.24, 2.45) is 7.05 Å². The fourth-order valence-electron chi connectivity index (χ4n) is 3.80. The van der Waals surface area contributed by atoms with Crippen LogP contribution in [0.15, 0.2) is 18.2 Å². The Labute approximate surface area is 181 Å². The lowest BCUT2D eigenvalue weighted by atomic mass is 10.2. The van der Waals surface area contributed by atoms with Crippen molar-refractivity contribution in [1.82, 2.24) is 20.1 Å². The molecule has 0 radical (unpaired) electrons. The van der Waals surface area contributed by atoms with Crippen molar-refractivity contribution in [3.05, 3.63) is 34.6 Å². The maximum Gasteiger partial charge on any atom is 0.414 e. The molecule has 1 atom stereocenters. The molecule has 2 aromatic heterocycles. The Kier molecular flexibility index (Phi) is 4.82. The molecule has 0 bridgehead atoms. The summed E-state index contributed by atoms with van der Waals surface area (Å²) in [4.78, 5) is 22.6. The molecule has 2 aliphatic rings. The molecule has 31 heavy (non-hydrogen) atoms. The molecular formula is C19H21FN7O3S+. The first-order valence-electron chi connectivity index (χ1n) is 9.90. The van der Waals surface area contributed by atoms with Crippen LogP contribution in [0.25, 0.3) is 10.6 Å². The standard InChI is InChI=1S/C19H21FN7O3S/c1-3-27-18(22-24(2)23-27)25-8-15-16(9-25)31-17(21-15)13-5-4-11(6-14(13)20)26-7-12(10-28)30-19(26)29/h4-6,12,28H,3,7-10H2,1-2H3/q+1. The van der Waals surface area contributed by atoms with Crippen LogP contribution in [0.1, 0.15) is 17.5 Å². The first kappa shape index (κ1) is 19.8. The van der Waals surface area contributed by atoms with E-state index in [9.17, 15) is 14.3 Å². The largest absolute Gasteiger partial charge is 0.441 e. The van der Waals surface area contributed by atoms with Gasteiger partial charge in [-0.1, -0.05) is 4.80 Å². The fourth-order valence-corrected chi connectivity index (χ4v) is 4.91. The molecule has 5 rings (SSSR count). The molecule has 1 saturated heterocycles. The first-order chi connectivity index (χ1) is 15.0. The van der Waals surface area contributed by atoms with E-state index in [1.807, 2.05) is 11.6 Å². The number of cyclic esters (lactones) is 1. The smallest absolute Gasteiger partial charge is 0.414 e. The molecular weight excluding hydrogens is 425 g/mol. The highest BCUT2D eigenvalue weighted by molar-refractivity contribution is 7.15. The van der Waals surface area contributed by atoms with Gasteiger partial charge in [-0.3, -0.25) is 9.80 Å². The minimum atomic E-state index is -0.596. The Morgan fingerprint density at radius 3 is 2.90 bits per heavy atom. The number of tetrazole rings is 1. The van der Waals surface area contributed by atoms with Gasteiger partial charge < -0.3 is 9.84 Å². The van der Waals surface area contributed by atoms with Crippen LogP contribution in [0.4, 0.5) is 20.8 Å². The van der Waals surface area contributed by atoms with E-state index in [1.54, 1.807) is 24.0 Å². The Morgan fingerprint density at radius 1 is 1.39 bits per heavy atom. The zero-order chi connectivity index (χ0) is 21.7. The Hall–Kier alpha value is -3.12. The second-order valence-corrected chi connectivity index (χ2v) is 8.49. The van der Waals surface area contributed by atoms with E-state index in [0.717, 1.165) is 16.5 Å². The van der Waals surface area contributed by atoms with E-state index in [0.29, 0.717) is 35.9 Å². The number of anilines is 2. The molecule has 2 aliphatic heterocycles. The van der Waals surface area contributed by atoms with Crippen LogP contribution in [0.2, 0.25) is 0 Å². The zero-order valence-electron chi connectivity index (χ0n) is 17.0. The van der Waals surface area contributed by atoms with Crippen molar-refractivity contribution in [2.45, 2.75) is 32.7 Å². The number of halogens is 1. The minimum Gasteiger partial charge on any atom is -0.441 e. The Morgan fingerprint density at radius 2 is 2.23 bits per heavy atom. The van der Waals surface area contributed by atoms with Crippen molar-refractivity contribution >= 4 is 29.1 Å². The molecule has 0 aliphatic carbocycles. The highest BCUT2D eigenvalue weighted by Crippen LogP contribution is 2.36. The van der Waals surface area contributed by atoms with Gasteiger partial charge in [-0.15, -0.1) is 16.0 Å². The summed E-state index contributed by atoms with van der Waals surface area (Å²) < 4.78 is 21.8. The molecule has 1 amide bonds. The van der Waals surface area contributed by atoms with Gasteiger partial charge in [-0.2, -0.15) is 0 Å². The van der Waals surface area contributed by atoms with Gasteiger partial charge in [0.15, 0.2) is 0 Å². The van der Waals surface area contributed by atoms with Gasteiger partial charge in [0.25, 0.3) is 0 Å². The number of nitrogens with zero attached hydrogens (tertiary/aromatic N) is 7. The average Bonchev–Trinajstić information content (AvgIpc) is 3.49. The first-order valence-corrected chi connectivity index (χ1v) is 10.7. The molecule has 1 N–H and O–H groups in total.